The molecule has 0 N–H and O–H groups in total. The van der Waals surface area contributed by atoms with Crippen molar-refractivity contribution < 1.29 is 9.53 Å². The van der Waals surface area contributed by atoms with Gasteiger partial charge < -0.3 is 4.74 Å². The smallest absolute Gasteiger partial charge is 0.243 e. The van der Waals surface area contributed by atoms with Crippen molar-refractivity contribution in [3.05, 3.63) is 52.9 Å². The van der Waals surface area contributed by atoms with E-state index in [0.29, 0.717) is 5.02 Å². The molecule has 0 bridgehead atoms. The summed E-state index contributed by atoms with van der Waals surface area (Å²) in [5.41, 5.74) is 1.12. The third kappa shape index (κ3) is 2.84. The van der Waals surface area contributed by atoms with E-state index in [-0.39, 0.29) is 23.8 Å². The van der Waals surface area contributed by atoms with Gasteiger partial charge in [0.05, 0.1) is 7.11 Å². The molecular formula is C13H11ClN2O2. The molecule has 0 aliphatic carbocycles. The average Bonchev–Trinajstić information content (AvgIpc) is 2.41. The number of Topliss-reactive ketones (excluding diaryl/α,β-unsaturated/α-hetero) is 1. The van der Waals surface area contributed by atoms with Crippen LogP contribution in [-0.2, 0) is 6.42 Å². The van der Waals surface area contributed by atoms with E-state index in [9.17, 15) is 4.79 Å². The van der Waals surface area contributed by atoms with Gasteiger partial charge in [-0.2, -0.15) is 0 Å². The van der Waals surface area contributed by atoms with Crippen LogP contribution in [0.15, 0.2) is 36.7 Å². The Kier molecular flexibility index (Phi) is 3.89. The zero-order chi connectivity index (χ0) is 13.0. The molecule has 5 heteroatoms. The lowest BCUT2D eigenvalue weighted by Gasteiger charge is -2.05. The predicted octanol–water partition coefficient (Wildman–Crippen LogP) is 2.56. The van der Waals surface area contributed by atoms with Crippen molar-refractivity contribution in [1.82, 2.24) is 9.97 Å². The van der Waals surface area contributed by atoms with E-state index >= 15 is 0 Å². The maximum atomic E-state index is 12.1. The van der Waals surface area contributed by atoms with Crippen LogP contribution in [0.3, 0.4) is 0 Å². The monoisotopic (exact) mass is 262 g/mol. The highest BCUT2D eigenvalue weighted by molar-refractivity contribution is 6.30. The maximum Gasteiger partial charge on any atom is 0.243 e. The number of halogens is 1. The number of carbonyl (C=O) groups excluding carboxylic acids is 1. The number of ketones is 1. The van der Waals surface area contributed by atoms with Gasteiger partial charge in [0, 0.05) is 23.8 Å². The van der Waals surface area contributed by atoms with Crippen molar-refractivity contribution in [3.63, 3.8) is 0 Å². The fraction of sp³-hybridized carbons (Fsp3) is 0.154. The number of nitrogens with zero attached hydrogens (tertiary/aromatic N) is 2. The van der Waals surface area contributed by atoms with Gasteiger partial charge in [-0.3, -0.25) is 4.79 Å². The Morgan fingerprint density at radius 1 is 1.22 bits per heavy atom. The molecule has 2 aromatic rings. The summed E-state index contributed by atoms with van der Waals surface area (Å²) in [6, 6.07) is 7.11. The standard InChI is InChI=1S/C13H11ClN2O2/c1-18-13-12(15-6-7-16-13)11(17)8-9-2-4-10(14)5-3-9/h2-7H,8H2,1H3. The zero-order valence-electron chi connectivity index (χ0n) is 9.76. The van der Waals surface area contributed by atoms with Crippen molar-refractivity contribution in [2.75, 3.05) is 7.11 Å². The molecule has 0 unspecified atom stereocenters. The molecule has 4 nitrogen and oxygen atoms in total. The molecule has 92 valence electrons. The van der Waals surface area contributed by atoms with E-state index in [4.69, 9.17) is 16.3 Å². The van der Waals surface area contributed by atoms with Gasteiger partial charge in [0.1, 0.15) is 0 Å². The summed E-state index contributed by atoms with van der Waals surface area (Å²) >= 11 is 5.79. The summed E-state index contributed by atoms with van der Waals surface area (Å²) in [4.78, 5) is 20.0. The third-order valence-corrected chi connectivity index (χ3v) is 2.65. The molecule has 0 spiro atoms. The van der Waals surface area contributed by atoms with Crippen LogP contribution in [0, 0.1) is 0 Å². The molecule has 0 amide bonds. The molecule has 1 aromatic carbocycles. The SMILES string of the molecule is COc1nccnc1C(=O)Cc1ccc(Cl)cc1. The molecule has 0 aliphatic heterocycles. The van der Waals surface area contributed by atoms with Crippen LogP contribution in [0.5, 0.6) is 5.88 Å². The second-order valence-electron chi connectivity index (χ2n) is 3.64. The number of aromatic nitrogens is 2. The first-order valence-electron chi connectivity index (χ1n) is 5.33. The van der Waals surface area contributed by atoms with Gasteiger partial charge in [-0.1, -0.05) is 23.7 Å². The number of ether oxygens (including phenoxy) is 1. The Morgan fingerprint density at radius 2 is 1.89 bits per heavy atom. The highest BCUT2D eigenvalue weighted by Crippen LogP contribution is 2.15. The molecule has 0 atom stereocenters. The van der Waals surface area contributed by atoms with Crippen molar-refractivity contribution in [2.45, 2.75) is 6.42 Å². The first kappa shape index (κ1) is 12.5. The number of rotatable bonds is 4. The van der Waals surface area contributed by atoms with Crippen LogP contribution >= 0.6 is 11.6 Å². The first-order valence-corrected chi connectivity index (χ1v) is 5.71. The Hall–Kier alpha value is -1.94. The van der Waals surface area contributed by atoms with Crippen molar-refractivity contribution in [1.29, 1.82) is 0 Å². The number of benzene rings is 1. The highest BCUT2D eigenvalue weighted by Gasteiger charge is 2.15. The Labute approximate surface area is 110 Å². The van der Waals surface area contributed by atoms with Crippen molar-refractivity contribution >= 4 is 17.4 Å². The van der Waals surface area contributed by atoms with Gasteiger partial charge in [0.2, 0.25) is 5.88 Å². The minimum Gasteiger partial charge on any atom is -0.479 e. The number of carbonyl (C=O) groups is 1. The summed E-state index contributed by atoms with van der Waals surface area (Å²) in [5, 5.41) is 0.642. The second kappa shape index (κ2) is 5.60. The molecule has 1 aromatic heterocycles. The second-order valence-corrected chi connectivity index (χ2v) is 4.08. The van der Waals surface area contributed by atoms with Gasteiger partial charge >= 0.3 is 0 Å². The van der Waals surface area contributed by atoms with E-state index in [0.717, 1.165) is 5.56 Å². The lowest BCUT2D eigenvalue weighted by atomic mass is 10.1. The van der Waals surface area contributed by atoms with Crippen LogP contribution < -0.4 is 4.74 Å². The van der Waals surface area contributed by atoms with E-state index in [2.05, 4.69) is 9.97 Å². The van der Waals surface area contributed by atoms with Gasteiger partial charge in [0.25, 0.3) is 0 Å². The summed E-state index contributed by atoms with van der Waals surface area (Å²) in [7, 11) is 1.46. The number of methoxy groups -OCH3 is 1. The fourth-order valence-corrected chi connectivity index (χ4v) is 1.66. The number of hydrogen-bond donors (Lipinski definition) is 0. The molecule has 0 saturated heterocycles. The van der Waals surface area contributed by atoms with Gasteiger partial charge in [-0.05, 0) is 17.7 Å². The molecule has 0 radical (unpaired) electrons. The van der Waals surface area contributed by atoms with E-state index in [1.54, 1.807) is 12.1 Å². The normalized spacial score (nSPS) is 10.1. The average molecular weight is 263 g/mol. The molecule has 0 saturated carbocycles. The lowest BCUT2D eigenvalue weighted by Crippen LogP contribution is -2.09. The van der Waals surface area contributed by atoms with Gasteiger partial charge in [0.15, 0.2) is 11.5 Å². The fourth-order valence-electron chi connectivity index (χ4n) is 1.54. The molecule has 18 heavy (non-hydrogen) atoms. The van der Waals surface area contributed by atoms with E-state index < -0.39 is 0 Å². The summed E-state index contributed by atoms with van der Waals surface area (Å²) in [6.45, 7) is 0. The number of hydrogen-bond acceptors (Lipinski definition) is 4. The van der Waals surface area contributed by atoms with Gasteiger partial charge in [-0.15, -0.1) is 0 Å². The summed E-state index contributed by atoms with van der Waals surface area (Å²) in [6.07, 6.45) is 3.20. The lowest BCUT2D eigenvalue weighted by molar-refractivity contribution is 0.0984. The van der Waals surface area contributed by atoms with Crippen molar-refractivity contribution in [3.8, 4) is 5.88 Å². The van der Waals surface area contributed by atoms with Gasteiger partial charge in [-0.25, -0.2) is 9.97 Å². The maximum absolute atomic E-state index is 12.1. The topological polar surface area (TPSA) is 52.1 Å². The van der Waals surface area contributed by atoms with Crippen LogP contribution in [-0.4, -0.2) is 22.9 Å². The molecule has 2 rings (SSSR count). The third-order valence-electron chi connectivity index (χ3n) is 2.40. The Balaban J connectivity index is 2.19. The van der Waals surface area contributed by atoms with Crippen LogP contribution in [0.1, 0.15) is 16.1 Å². The minimum absolute atomic E-state index is 0.137. The van der Waals surface area contributed by atoms with E-state index in [1.165, 1.54) is 19.5 Å². The molecule has 0 aliphatic rings. The highest BCUT2D eigenvalue weighted by atomic mass is 35.5. The van der Waals surface area contributed by atoms with E-state index in [1.807, 2.05) is 12.1 Å². The summed E-state index contributed by atoms with van der Waals surface area (Å²) in [5.74, 6) is 0.110. The van der Waals surface area contributed by atoms with Crippen LogP contribution in [0.25, 0.3) is 0 Å². The first-order chi connectivity index (χ1) is 8.70. The zero-order valence-corrected chi connectivity index (χ0v) is 10.5. The Morgan fingerprint density at radius 3 is 2.56 bits per heavy atom. The summed E-state index contributed by atoms with van der Waals surface area (Å²) < 4.78 is 5.01. The molecule has 0 fully saturated rings. The Bertz CT molecular complexity index is 555. The van der Waals surface area contributed by atoms with Crippen LogP contribution in [0.2, 0.25) is 5.02 Å². The predicted molar refractivity (Wildman–Crippen MR) is 68.1 cm³/mol. The molecular weight excluding hydrogens is 252 g/mol. The van der Waals surface area contributed by atoms with Crippen LogP contribution in [0.4, 0.5) is 0 Å². The van der Waals surface area contributed by atoms with Crippen molar-refractivity contribution in [2.24, 2.45) is 0 Å². The quantitative estimate of drug-likeness (QED) is 0.795. The minimum atomic E-state index is -0.137. The largest absolute Gasteiger partial charge is 0.479 e. The molecule has 1 heterocycles.